The molecule has 0 saturated carbocycles. The molecule has 3 amide bonds. The lowest BCUT2D eigenvalue weighted by Crippen LogP contribution is -2.31. The predicted octanol–water partition coefficient (Wildman–Crippen LogP) is 6.18. The van der Waals surface area contributed by atoms with Crippen molar-refractivity contribution >= 4 is 40.2 Å². The van der Waals surface area contributed by atoms with Gasteiger partial charge < -0.3 is 14.8 Å². The Bertz CT molecular complexity index is 1720. The van der Waals surface area contributed by atoms with Crippen LogP contribution in [0.3, 0.4) is 0 Å². The zero-order chi connectivity index (χ0) is 31.9. The van der Waals surface area contributed by atoms with Crippen molar-refractivity contribution in [1.82, 2.24) is 14.8 Å². The van der Waals surface area contributed by atoms with Crippen LogP contribution in [0.25, 0.3) is 17.1 Å². The maximum absolute atomic E-state index is 15.1. The highest BCUT2D eigenvalue weighted by Gasteiger charge is 2.32. The van der Waals surface area contributed by atoms with Crippen LogP contribution in [0.4, 0.5) is 33.7 Å². The number of halogens is 4. The Morgan fingerprint density at radius 2 is 1.93 bits per heavy atom. The van der Waals surface area contributed by atoms with E-state index >= 15 is 4.39 Å². The van der Waals surface area contributed by atoms with Gasteiger partial charge in [-0.1, -0.05) is 23.9 Å². The Kier molecular flexibility index (Phi) is 10.1. The average Bonchev–Trinajstić information content (AvgIpc) is 3.65. The molecule has 0 atom stereocenters. The van der Waals surface area contributed by atoms with Gasteiger partial charge in [0.2, 0.25) is 5.91 Å². The number of anilines is 2. The lowest BCUT2D eigenvalue weighted by atomic mass is 10.1. The van der Waals surface area contributed by atoms with E-state index in [0.717, 1.165) is 23.4 Å². The summed E-state index contributed by atoms with van der Waals surface area (Å²) in [6, 6.07) is 14.9. The number of urea groups is 1. The number of alkyl halides is 3. The van der Waals surface area contributed by atoms with Crippen molar-refractivity contribution < 1.29 is 36.6 Å². The highest BCUT2D eigenvalue weighted by molar-refractivity contribution is 8.15. The second-order valence-corrected chi connectivity index (χ2v) is 10.6. The molecule has 1 N–H and O–H groups in total. The van der Waals surface area contributed by atoms with Gasteiger partial charge in [0, 0.05) is 11.1 Å². The fourth-order valence-electron chi connectivity index (χ4n) is 4.30. The van der Waals surface area contributed by atoms with Crippen molar-refractivity contribution in [3.63, 3.8) is 0 Å². The van der Waals surface area contributed by atoms with E-state index in [1.165, 1.54) is 28.0 Å². The summed E-state index contributed by atoms with van der Waals surface area (Å²) in [4.78, 5) is 35.0. The monoisotopic (exact) mass is 642 g/mol. The fraction of sp³-hybridized carbons (Fsp3) is 0.233. The third-order valence-electron chi connectivity index (χ3n) is 6.35. The number of rotatable bonds is 11. The number of aromatic nitrogens is 3. The molecule has 10 nitrogen and oxygen atoms in total. The van der Waals surface area contributed by atoms with Gasteiger partial charge in [-0.25, -0.2) is 32.0 Å². The zero-order valence-corrected chi connectivity index (χ0v) is 24.6. The first kappa shape index (κ1) is 31.7. The molecule has 1 aliphatic heterocycles. The van der Waals surface area contributed by atoms with Crippen molar-refractivity contribution in [2.75, 3.05) is 35.9 Å². The van der Waals surface area contributed by atoms with Crippen LogP contribution in [-0.4, -0.2) is 63.9 Å². The third kappa shape index (κ3) is 7.85. The first-order chi connectivity index (χ1) is 21.7. The molecule has 1 saturated heterocycles. The standard InChI is InChI=1S/C30H26F4N6O4S/c1-18-2-3-20(14-43-15-26(33)34)25(12-18)40-27(41)16-45-30(40)37-29(42)36-24-9-4-19(13-23(24)32)28-35-17-39(38-28)21-5-7-22(8-6-21)44-11-10-31/h2-9,12-13,17,26H,10-11,14-16H2,1H3,(H,36,42)/b37-30-. The van der Waals surface area contributed by atoms with Crippen LogP contribution in [0.1, 0.15) is 11.1 Å². The smallest absolute Gasteiger partial charge is 0.347 e. The zero-order valence-electron chi connectivity index (χ0n) is 23.8. The largest absolute Gasteiger partial charge is 0.491 e. The Morgan fingerprint density at radius 3 is 2.67 bits per heavy atom. The number of aliphatic imine (C=N–C) groups is 1. The number of thioether (sulfide) groups is 1. The van der Waals surface area contributed by atoms with Gasteiger partial charge in [-0.3, -0.25) is 9.69 Å². The van der Waals surface area contributed by atoms with E-state index in [2.05, 4.69) is 20.4 Å². The van der Waals surface area contributed by atoms with Gasteiger partial charge in [-0.2, -0.15) is 4.99 Å². The highest BCUT2D eigenvalue weighted by atomic mass is 32.2. The van der Waals surface area contributed by atoms with Gasteiger partial charge in [-0.15, -0.1) is 5.10 Å². The van der Waals surface area contributed by atoms with Gasteiger partial charge in [0.15, 0.2) is 11.0 Å². The number of nitrogens with zero attached hydrogens (tertiary/aromatic N) is 5. The lowest BCUT2D eigenvalue weighted by molar-refractivity contribution is -0.115. The maximum atomic E-state index is 15.1. The normalized spacial score (nSPS) is 14.0. The molecule has 0 unspecified atom stereocenters. The first-order valence-corrected chi connectivity index (χ1v) is 14.5. The van der Waals surface area contributed by atoms with Crippen LogP contribution < -0.4 is 15.0 Å². The van der Waals surface area contributed by atoms with E-state index in [-0.39, 0.29) is 41.6 Å². The van der Waals surface area contributed by atoms with Gasteiger partial charge >= 0.3 is 6.03 Å². The number of hydrogen-bond acceptors (Lipinski definition) is 7. The van der Waals surface area contributed by atoms with E-state index < -0.39 is 31.6 Å². The van der Waals surface area contributed by atoms with E-state index in [1.54, 1.807) is 49.4 Å². The topological polar surface area (TPSA) is 111 Å². The summed E-state index contributed by atoms with van der Waals surface area (Å²) in [5.41, 5.74) is 2.45. The van der Waals surface area contributed by atoms with Crippen LogP contribution >= 0.6 is 11.8 Å². The third-order valence-corrected chi connectivity index (χ3v) is 7.28. The SMILES string of the molecule is Cc1ccc(COCC(F)F)c(N2C(=O)CS/C2=N\C(=O)Nc2ccc(-c3ncn(-c4ccc(OCCF)cc4)n3)cc2F)c1. The maximum Gasteiger partial charge on any atom is 0.347 e. The van der Waals surface area contributed by atoms with Gasteiger partial charge in [0.25, 0.3) is 6.43 Å². The minimum Gasteiger partial charge on any atom is -0.491 e. The minimum atomic E-state index is -2.65. The number of aryl methyl sites for hydroxylation is 1. The summed E-state index contributed by atoms with van der Waals surface area (Å²) >= 11 is 1.01. The number of amidine groups is 1. The number of nitrogens with one attached hydrogen (secondary N) is 1. The van der Waals surface area contributed by atoms with Crippen LogP contribution in [-0.2, 0) is 16.1 Å². The number of carbonyl (C=O) groups is 2. The average molecular weight is 643 g/mol. The molecular formula is C30H26F4N6O4S. The molecule has 4 aromatic rings. The number of hydrogen-bond donors (Lipinski definition) is 1. The van der Waals surface area contributed by atoms with E-state index in [9.17, 15) is 22.8 Å². The molecule has 2 heterocycles. The summed E-state index contributed by atoms with van der Waals surface area (Å²) in [7, 11) is 0. The van der Waals surface area contributed by atoms with Gasteiger partial charge in [0.05, 0.1) is 29.4 Å². The Labute approximate surface area is 259 Å². The first-order valence-electron chi connectivity index (χ1n) is 13.5. The predicted molar refractivity (Wildman–Crippen MR) is 161 cm³/mol. The van der Waals surface area contributed by atoms with Crippen molar-refractivity contribution in [2.24, 2.45) is 4.99 Å². The number of carbonyl (C=O) groups excluding carboxylic acids is 2. The van der Waals surface area contributed by atoms with E-state index in [1.807, 2.05) is 0 Å². The summed E-state index contributed by atoms with van der Waals surface area (Å²) in [5, 5.41) is 6.80. The van der Waals surface area contributed by atoms with Crippen LogP contribution in [0.2, 0.25) is 0 Å². The molecular weight excluding hydrogens is 616 g/mol. The summed E-state index contributed by atoms with van der Waals surface area (Å²) < 4.78 is 64.3. The van der Waals surface area contributed by atoms with E-state index in [4.69, 9.17) is 9.47 Å². The molecule has 5 rings (SSSR count). The van der Waals surface area contributed by atoms with Crippen LogP contribution in [0, 0.1) is 12.7 Å². The molecule has 3 aromatic carbocycles. The van der Waals surface area contributed by atoms with Gasteiger partial charge in [-0.05, 0) is 61.0 Å². The molecule has 234 valence electrons. The summed E-state index contributed by atoms with van der Waals surface area (Å²) in [5.74, 6) is -0.402. The quantitative estimate of drug-likeness (QED) is 0.195. The van der Waals surface area contributed by atoms with Crippen LogP contribution in [0.5, 0.6) is 5.75 Å². The Balaban J connectivity index is 1.29. The summed E-state index contributed by atoms with van der Waals surface area (Å²) in [6.07, 6.45) is -1.20. The lowest BCUT2D eigenvalue weighted by Gasteiger charge is -2.20. The molecule has 1 aliphatic rings. The highest BCUT2D eigenvalue weighted by Crippen LogP contribution is 2.31. The second kappa shape index (κ2) is 14.3. The van der Waals surface area contributed by atoms with Crippen molar-refractivity contribution in [3.8, 4) is 22.8 Å². The van der Waals surface area contributed by atoms with Crippen LogP contribution in [0.15, 0.2) is 72.0 Å². The minimum absolute atomic E-state index is 0.00282. The number of benzene rings is 3. The van der Waals surface area contributed by atoms with Crippen molar-refractivity contribution in [1.29, 1.82) is 0 Å². The van der Waals surface area contributed by atoms with Crippen molar-refractivity contribution in [3.05, 3.63) is 83.9 Å². The van der Waals surface area contributed by atoms with Crippen molar-refractivity contribution in [2.45, 2.75) is 20.0 Å². The molecule has 0 aliphatic carbocycles. The molecule has 0 spiro atoms. The number of ether oxygens (including phenoxy) is 2. The van der Waals surface area contributed by atoms with E-state index in [0.29, 0.717) is 28.3 Å². The fourth-order valence-corrected chi connectivity index (χ4v) is 5.16. The molecule has 1 fully saturated rings. The molecule has 0 bridgehead atoms. The summed E-state index contributed by atoms with van der Waals surface area (Å²) in [6.45, 7) is 0.203. The molecule has 45 heavy (non-hydrogen) atoms. The second-order valence-electron chi connectivity index (χ2n) is 9.62. The molecule has 1 aromatic heterocycles. The molecule has 0 radical (unpaired) electrons. The molecule has 15 heteroatoms. The Morgan fingerprint density at radius 1 is 1.13 bits per heavy atom. The number of amides is 3. The Hall–Kier alpha value is -4.76. The van der Waals surface area contributed by atoms with Gasteiger partial charge in [0.1, 0.15) is 37.8 Å².